The number of rotatable bonds is 7. The number of hydrogen-bond acceptors (Lipinski definition) is 7. The molecule has 216 valence electrons. The van der Waals surface area contributed by atoms with Crippen LogP contribution in [-0.2, 0) is 25.2 Å². The first-order valence-corrected chi connectivity index (χ1v) is 14.8. The van der Waals surface area contributed by atoms with Crippen molar-refractivity contribution in [3.8, 4) is 11.5 Å². The molecule has 5 rings (SSSR count). The predicted molar refractivity (Wildman–Crippen MR) is 153 cm³/mol. The highest BCUT2D eigenvalue weighted by molar-refractivity contribution is 7.93. The third-order valence-electron chi connectivity index (χ3n) is 7.53. The minimum Gasteiger partial charge on any atom is -0.493 e. The Bertz CT molecular complexity index is 1650. The van der Waals surface area contributed by atoms with Crippen LogP contribution in [-0.4, -0.2) is 63.1 Å². The molecule has 0 radical (unpaired) electrons. The van der Waals surface area contributed by atoms with E-state index in [0.29, 0.717) is 18.6 Å². The van der Waals surface area contributed by atoms with Gasteiger partial charge in [0.05, 0.1) is 24.8 Å². The number of primary amides is 1. The van der Waals surface area contributed by atoms with Gasteiger partial charge in [-0.25, -0.2) is 12.7 Å². The van der Waals surface area contributed by atoms with E-state index >= 15 is 0 Å². The van der Waals surface area contributed by atoms with Crippen LogP contribution in [0.1, 0.15) is 24.0 Å². The zero-order chi connectivity index (χ0) is 29.7. The maximum atomic E-state index is 14.5. The Labute approximate surface area is 247 Å². The van der Waals surface area contributed by atoms with Crippen molar-refractivity contribution in [2.45, 2.75) is 35.4 Å². The summed E-state index contributed by atoms with van der Waals surface area (Å²) < 4.78 is 40.4. The number of carbonyl (C=O) groups excluding carboxylic acids is 2. The van der Waals surface area contributed by atoms with Crippen molar-refractivity contribution < 1.29 is 32.6 Å². The molecular weight excluding hydrogens is 593 g/mol. The van der Waals surface area contributed by atoms with Gasteiger partial charge in [0.25, 0.3) is 15.9 Å². The number of methoxy groups -OCH3 is 2. The van der Waals surface area contributed by atoms with Crippen LogP contribution in [0.4, 0.5) is 5.69 Å². The van der Waals surface area contributed by atoms with Gasteiger partial charge in [-0.1, -0.05) is 41.4 Å². The molecular formula is C28H27Cl2N3O7S. The smallest absolute Gasteiger partial charge is 0.265 e. The van der Waals surface area contributed by atoms with Gasteiger partial charge in [0.2, 0.25) is 5.91 Å². The van der Waals surface area contributed by atoms with Crippen molar-refractivity contribution in [3.05, 3.63) is 81.8 Å². The fourth-order valence-electron chi connectivity index (χ4n) is 5.65. The van der Waals surface area contributed by atoms with E-state index in [2.05, 4.69) is 0 Å². The van der Waals surface area contributed by atoms with E-state index in [-0.39, 0.29) is 44.0 Å². The zero-order valence-corrected chi connectivity index (χ0v) is 24.4. The van der Waals surface area contributed by atoms with Gasteiger partial charge in [-0.3, -0.25) is 9.59 Å². The largest absolute Gasteiger partial charge is 0.493 e. The maximum absolute atomic E-state index is 14.5. The van der Waals surface area contributed by atoms with E-state index < -0.39 is 39.5 Å². The van der Waals surface area contributed by atoms with Crippen molar-refractivity contribution in [1.29, 1.82) is 0 Å². The van der Waals surface area contributed by atoms with Gasteiger partial charge in [-0.15, -0.1) is 0 Å². The fourth-order valence-corrected chi connectivity index (χ4v) is 7.76. The standard InChI is InChI=1S/C28H27Cl2N3O7S/c1-39-23-12-10-17(15-24(23)40-2)41(37,38)33-21-11-9-16(29)14-19(21)28(36,18-6-3-4-7-20(18)30)25(33)27(35)32-13-5-8-22(32)26(31)34/h3-4,6-7,9-12,14-15,22,25,36H,5,8,13H2,1-2H3,(H2,31,34)/t22?,25-,28-/m1/s1. The Morgan fingerprint density at radius 3 is 2.37 bits per heavy atom. The number of benzene rings is 3. The van der Waals surface area contributed by atoms with E-state index in [0.717, 1.165) is 4.31 Å². The number of nitrogens with two attached hydrogens (primary N) is 1. The first-order chi connectivity index (χ1) is 19.5. The molecule has 0 saturated carbocycles. The highest BCUT2D eigenvalue weighted by atomic mass is 35.5. The summed E-state index contributed by atoms with van der Waals surface area (Å²) in [6.45, 7) is 0.142. The second kappa shape index (κ2) is 10.7. The number of halogens is 2. The lowest BCUT2D eigenvalue weighted by molar-refractivity contribution is -0.141. The summed E-state index contributed by atoms with van der Waals surface area (Å²) in [5, 5.41) is 12.9. The van der Waals surface area contributed by atoms with E-state index in [4.69, 9.17) is 38.4 Å². The van der Waals surface area contributed by atoms with Gasteiger partial charge in [-0.05, 0) is 49.2 Å². The number of fused-ring (bicyclic) bond motifs is 1. The Morgan fingerprint density at radius 1 is 1.00 bits per heavy atom. The molecule has 2 aliphatic rings. The van der Waals surface area contributed by atoms with Crippen molar-refractivity contribution >= 4 is 50.7 Å². The summed E-state index contributed by atoms with van der Waals surface area (Å²) in [4.78, 5) is 27.7. The third-order valence-corrected chi connectivity index (χ3v) is 9.87. The predicted octanol–water partition coefficient (Wildman–Crippen LogP) is 3.30. The Kier molecular flexibility index (Phi) is 7.58. The van der Waals surface area contributed by atoms with Crippen molar-refractivity contribution in [2.75, 3.05) is 25.1 Å². The van der Waals surface area contributed by atoms with Crippen LogP contribution >= 0.6 is 23.2 Å². The zero-order valence-electron chi connectivity index (χ0n) is 22.1. The first kappa shape index (κ1) is 29.0. The number of ether oxygens (including phenoxy) is 2. The molecule has 3 aromatic carbocycles. The summed E-state index contributed by atoms with van der Waals surface area (Å²) in [7, 11) is -1.81. The molecule has 13 heteroatoms. The average Bonchev–Trinajstić information content (AvgIpc) is 3.55. The number of likely N-dealkylation sites (tertiary alicyclic amines) is 1. The van der Waals surface area contributed by atoms with Crippen LogP contribution in [0.15, 0.2) is 65.6 Å². The lowest BCUT2D eigenvalue weighted by Crippen LogP contribution is -2.59. The number of carbonyl (C=O) groups is 2. The second-order valence-electron chi connectivity index (χ2n) is 9.72. The van der Waals surface area contributed by atoms with Gasteiger partial charge in [-0.2, -0.15) is 0 Å². The Balaban J connectivity index is 1.80. The summed E-state index contributed by atoms with van der Waals surface area (Å²) >= 11 is 12.9. The third kappa shape index (κ3) is 4.57. The maximum Gasteiger partial charge on any atom is 0.265 e. The minimum absolute atomic E-state index is 0.0137. The van der Waals surface area contributed by atoms with Crippen molar-refractivity contribution in [2.24, 2.45) is 5.73 Å². The highest BCUT2D eigenvalue weighted by Crippen LogP contribution is 2.53. The van der Waals surface area contributed by atoms with Crippen molar-refractivity contribution in [3.63, 3.8) is 0 Å². The van der Waals surface area contributed by atoms with E-state index in [1.165, 1.54) is 67.7 Å². The van der Waals surface area contributed by atoms with Crippen molar-refractivity contribution in [1.82, 2.24) is 4.90 Å². The SMILES string of the molecule is COc1ccc(S(=O)(=O)N2c3ccc(Cl)cc3[C@](O)(c3ccccc3Cl)[C@H]2C(=O)N2CCCC2C(N)=O)cc1OC. The summed E-state index contributed by atoms with van der Waals surface area (Å²) in [5.74, 6) is -1.11. The van der Waals surface area contributed by atoms with Crippen LogP contribution in [0, 0.1) is 0 Å². The molecule has 2 amide bonds. The molecule has 0 bridgehead atoms. The molecule has 10 nitrogen and oxygen atoms in total. The number of sulfonamides is 1. The average molecular weight is 621 g/mol. The molecule has 3 N–H and O–H groups in total. The topological polar surface area (TPSA) is 139 Å². The normalized spacial score (nSPS) is 22.0. The van der Waals surface area contributed by atoms with Crippen LogP contribution in [0.3, 0.4) is 0 Å². The quantitative estimate of drug-likeness (QED) is 0.413. The van der Waals surface area contributed by atoms with Crippen LogP contribution in [0.2, 0.25) is 10.0 Å². The molecule has 0 aromatic heterocycles. The molecule has 1 unspecified atom stereocenters. The van der Waals surface area contributed by atoms with Gasteiger partial charge in [0.15, 0.2) is 17.5 Å². The number of anilines is 1. The molecule has 41 heavy (non-hydrogen) atoms. The molecule has 3 aromatic rings. The Morgan fingerprint density at radius 2 is 1.71 bits per heavy atom. The van der Waals surface area contributed by atoms with Gasteiger partial charge in [0, 0.05) is 33.8 Å². The summed E-state index contributed by atoms with van der Waals surface area (Å²) in [6.07, 6.45) is 0.775. The van der Waals surface area contributed by atoms with Crippen LogP contribution in [0.25, 0.3) is 0 Å². The first-order valence-electron chi connectivity index (χ1n) is 12.6. The summed E-state index contributed by atoms with van der Waals surface area (Å²) in [5.41, 5.74) is 3.46. The van der Waals surface area contributed by atoms with E-state index in [9.17, 15) is 23.1 Å². The molecule has 1 saturated heterocycles. The van der Waals surface area contributed by atoms with E-state index in [1.807, 2.05) is 0 Å². The Hall–Kier alpha value is -3.51. The molecule has 0 spiro atoms. The summed E-state index contributed by atoms with van der Waals surface area (Å²) in [6, 6.07) is 11.8. The highest BCUT2D eigenvalue weighted by Gasteiger charge is 2.61. The van der Waals surface area contributed by atoms with E-state index in [1.54, 1.807) is 12.1 Å². The van der Waals surface area contributed by atoms with Gasteiger partial charge in [0.1, 0.15) is 11.6 Å². The molecule has 3 atom stereocenters. The number of aliphatic hydroxyl groups is 1. The lowest BCUT2D eigenvalue weighted by Gasteiger charge is -2.38. The monoisotopic (exact) mass is 619 g/mol. The van der Waals surface area contributed by atoms with Gasteiger partial charge >= 0.3 is 0 Å². The molecule has 2 heterocycles. The fraction of sp³-hybridized carbons (Fsp3) is 0.286. The van der Waals surface area contributed by atoms with Gasteiger partial charge < -0.3 is 25.2 Å². The molecule has 0 aliphatic carbocycles. The number of amides is 2. The lowest BCUT2D eigenvalue weighted by atomic mass is 9.82. The number of nitrogens with zero attached hydrogens (tertiary/aromatic N) is 2. The minimum atomic E-state index is -4.59. The molecule has 1 fully saturated rings. The van der Waals surface area contributed by atoms with Crippen LogP contribution in [0.5, 0.6) is 11.5 Å². The number of hydrogen-bond donors (Lipinski definition) is 2. The molecule has 2 aliphatic heterocycles. The second-order valence-corrected chi connectivity index (χ2v) is 12.4. The van der Waals surface area contributed by atoms with Crippen LogP contribution < -0.4 is 19.5 Å².